The molecule has 3 aliphatic heterocycles. The van der Waals surface area contributed by atoms with E-state index in [1.54, 1.807) is 31.1 Å². The maximum atomic E-state index is 13.1. The highest BCUT2D eigenvalue weighted by Crippen LogP contribution is 2.33. The molecule has 9 nitrogen and oxygen atoms in total. The Labute approximate surface area is 167 Å². The number of carboxylic acid groups (broad SMARTS) is 1. The standard InChI is InChI=1S/C20H21N5O4/c1-13-11-25-16-17(21-19(25)24(13)12-15(26)27)22(2)20(29)23(18(16)28)10-6-9-14-7-4-3-5-8-14/h3-9,11,16-17H,10,12H2,1-2H3,(H,26,27)/b9-6+. The van der Waals surface area contributed by atoms with Crippen molar-refractivity contribution < 1.29 is 19.5 Å². The summed E-state index contributed by atoms with van der Waals surface area (Å²) in [5.41, 5.74) is 1.66. The lowest BCUT2D eigenvalue weighted by Gasteiger charge is -2.39. The number of hydrogen-bond acceptors (Lipinski definition) is 6. The molecule has 1 aromatic rings. The number of likely N-dealkylation sites (N-methyl/N-ethyl adjacent to an activating group) is 1. The highest BCUT2D eigenvalue weighted by molar-refractivity contribution is 6.05. The van der Waals surface area contributed by atoms with Crippen molar-refractivity contribution in [1.82, 2.24) is 19.6 Å². The van der Waals surface area contributed by atoms with Crippen LogP contribution in [0.25, 0.3) is 6.08 Å². The molecule has 29 heavy (non-hydrogen) atoms. The first-order valence-corrected chi connectivity index (χ1v) is 9.22. The molecule has 0 saturated carbocycles. The van der Waals surface area contributed by atoms with E-state index in [0.29, 0.717) is 11.7 Å². The Hall–Kier alpha value is -3.62. The summed E-state index contributed by atoms with van der Waals surface area (Å²) in [7, 11) is 1.60. The molecule has 0 aromatic heterocycles. The molecule has 1 aromatic carbocycles. The molecule has 0 bridgehead atoms. The fraction of sp³-hybridized carbons (Fsp3) is 0.300. The number of aliphatic imine (C=N–C) groups is 1. The van der Waals surface area contributed by atoms with Crippen LogP contribution in [-0.2, 0) is 9.59 Å². The number of nitrogens with zero attached hydrogens (tertiary/aromatic N) is 5. The first kappa shape index (κ1) is 18.7. The monoisotopic (exact) mass is 395 g/mol. The molecule has 0 spiro atoms. The lowest BCUT2D eigenvalue weighted by atomic mass is 10.1. The molecule has 1 saturated heterocycles. The van der Waals surface area contributed by atoms with Crippen LogP contribution >= 0.6 is 0 Å². The molecular formula is C20H21N5O4. The fourth-order valence-electron chi connectivity index (χ4n) is 3.76. The van der Waals surface area contributed by atoms with E-state index in [0.717, 1.165) is 5.56 Å². The molecule has 0 radical (unpaired) electrons. The number of rotatable bonds is 5. The predicted molar refractivity (Wildman–Crippen MR) is 105 cm³/mol. The van der Waals surface area contributed by atoms with Crippen molar-refractivity contribution in [3.8, 4) is 0 Å². The van der Waals surface area contributed by atoms with Crippen molar-refractivity contribution >= 4 is 29.9 Å². The van der Waals surface area contributed by atoms with Crippen LogP contribution in [0, 0.1) is 0 Å². The predicted octanol–water partition coefficient (Wildman–Crippen LogP) is 1.22. The van der Waals surface area contributed by atoms with Gasteiger partial charge in [-0.3, -0.25) is 14.5 Å². The number of carbonyl (C=O) groups excluding carboxylic acids is 2. The topological polar surface area (TPSA) is 96.8 Å². The number of fused-ring (bicyclic) bond motifs is 3. The largest absolute Gasteiger partial charge is 0.480 e. The molecule has 2 unspecified atom stereocenters. The summed E-state index contributed by atoms with van der Waals surface area (Å²) in [5, 5.41) is 9.16. The van der Waals surface area contributed by atoms with E-state index in [-0.39, 0.29) is 19.0 Å². The Kier molecular flexibility index (Phi) is 4.57. The summed E-state index contributed by atoms with van der Waals surface area (Å²) in [5.74, 6) is -0.967. The highest BCUT2D eigenvalue weighted by Gasteiger charge is 2.54. The van der Waals surface area contributed by atoms with Gasteiger partial charge in [-0.2, -0.15) is 0 Å². The van der Waals surface area contributed by atoms with Crippen molar-refractivity contribution in [2.75, 3.05) is 20.1 Å². The lowest BCUT2D eigenvalue weighted by molar-refractivity contribution is -0.137. The number of guanidine groups is 1. The Morgan fingerprint density at radius 2 is 1.93 bits per heavy atom. The summed E-state index contributed by atoms with van der Waals surface area (Å²) >= 11 is 0. The lowest BCUT2D eigenvalue weighted by Crippen LogP contribution is -2.64. The van der Waals surface area contributed by atoms with Crippen LogP contribution in [-0.4, -0.2) is 80.9 Å². The van der Waals surface area contributed by atoms with Gasteiger partial charge in [0.2, 0.25) is 5.96 Å². The van der Waals surface area contributed by atoms with Crippen LogP contribution in [0.3, 0.4) is 0 Å². The van der Waals surface area contributed by atoms with E-state index in [9.17, 15) is 14.4 Å². The second kappa shape index (κ2) is 7.08. The summed E-state index contributed by atoms with van der Waals surface area (Å²) in [6.07, 6.45) is 4.67. The van der Waals surface area contributed by atoms with Crippen molar-refractivity contribution in [2.24, 2.45) is 4.99 Å². The van der Waals surface area contributed by atoms with E-state index >= 15 is 0 Å². The van der Waals surface area contributed by atoms with E-state index in [1.807, 2.05) is 36.4 Å². The van der Waals surface area contributed by atoms with Gasteiger partial charge in [-0.05, 0) is 12.5 Å². The molecule has 3 amide bonds. The number of imide groups is 1. The van der Waals surface area contributed by atoms with Crippen LogP contribution in [0.1, 0.15) is 12.5 Å². The van der Waals surface area contributed by atoms with Crippen LogP contribution in [0.2, 0.25) is 0 Å². The second-order valence-electron chi connectivity index (χ2n) is 7.10. The Bertz CT molecular complexity index is 955. The van der Waals surface area contributed by atoms with Gasteiger partial charge in [-0.25, -0.2) is 9.79 Å². The van der Waals surface area contributed by atoms with Crippen molar-refractivity contribution in [1.29, 1.82) is 0 Å². The van der Waals surface area contributed by atoms with Gasteiger partial charge in [-0.1, -0.05) is 42.5 Å². The first-order valence-electron chi connectivity index (χ1n) is 9.22. The van der Waals surface area contributed by atoms with Crippen molar-refractivity contribution in [3.05, 3.63) is 53.9 Å². The maximum absolute atomic E-state index is 13.1. The van der Waals surface area contributed by atoms with E-state index in [1.165, 1.54) is 14.7 Å². The van der Waals surface area contributed by atoms with Gasteiger partial charge in [0.1, 0.15) is 6.54 Å². The van der Waals surface area contributed by atoms with Gasteiger partial charge in [0.15, 0.2) is 12.2 Å². The third kappa shape index (κ3) is 3.14. The van der Waals surface area contributed by atoms with Crippen LogP contribution in [0.15, 0.2) is 53.3 Å². The highest BCUT2D eigenvalue weighted by atomic mass is 16.4. The SMILES string of the molecule is CC1=CN2C(=NC3C2C(=O)N(C/C=C/c2ccccc2)C(=O)N3C)N1CC(=O)O. The minimum absolute atomic E-state index is 0.144. The molecule has 1 N–H and O–H groups in total. The van der Waals surface area contributed by atoms with E-state index in [4.69, 9.17) is 5.11 Å². The molecular weight excluding hydrogens is 374 g/mol. The number of benzene rings is 1. The van der Waals surface area contributed by atoms with E-state index in [2.05, 4.69) is 4.99 Å². The molecule has 9 heteroatoms. The second-order valence-corrected chi connectivity index (χ2v) is 7.10. The molecule has 4 rings (SSSR count). The number of allylic oxidation sites excluding steroid dienone is 1. The summed E-state index contributed by atoms with van der Waals surface area (Å²) < 4.78 is 0. The summed E-state index contributed by atoms with van der Waals surface area (Å²) in [6, 6.07) is 8.49. The number of carbonyl (C=O) groups is 3. The Morgan fingerprint density at radius 1 is 1.21 bits per heavy atom. The smallest absolute Gasteiger partial charge is 0.328 e. The van der Waals surface area contributed by atoms with Gasteiger partial charge in [0.25, 0.3) is 5.91 Å². The summed E-state index contributed by atoms with van der Waals surface area (Å²) in [4.78, 5) is 47.4. The third-order valence-corrected chi connectivity index (χ3v) is 5.19. The fourth-order valence-corrected chi connectivity index (χ4v) is 3.76. The van der Waals surface area contributed by atoms with Gasteiger partial charge in [0.05, 0.1) is 0 Å². The molecule has 1 fully saturated rings. The molecule has 3 aliphatic rings. The average Bonchev–Trinajstić information content (AvgIpc) is 3.20. The van der Waals surface area contributed by atoms with E-state index < -0.39 is 24.2 Å². The molecule has 3 heterocycles. The van der Waals surface area contributed by atoms with Crippen LogP contribution in [0.5, 0.6) is 0 Å². The maximum Gasteiger partial charge on any atom is 0.328 e. The molecule has 2 atom stereocenters. The third-order valence-electron chi connectivity index (χ3n) is 5.19. The molecule has 150 valence electrons. The average molecular weight is 395 g/mol. The van der Waals surface area contributed by atoms with Crippen LogP contribution in [0.4, 0.5) is 4.79 Å². The van der Waals surface area contributed by atoms with Gasteiger partial charge in [-0.15, -0.1) is 0 Å². The van der Waals surface area contributed by atoms with Gasteiger partial charge < -0.3 is 19.8 Å². The summed E-state index contributed by atoms with van der Waals surface area (Å²) in [6.45, 7) is 1.65. The minimum Gasteiger partial charge on any atom is -0.480 e. The Balaban J connectivity index is 1.56. The number of urea groups is 1. The zero-order valence-electron chi connectivity index (χ0n) is 16.1. The Morgan fingerprint density at radius 3 is 2.62 bits per heavy atom. The normalized spacial score (nSPS) is 23.5. The van der Waals surface area contributed by atoms with Crippen molar-refractivity contribution in [2.45, 2.75) is 19.1 Å². The molecule has 0 aliphatic carbocycles. The number of carboxylic acids is 1. The number of aliphatic carboxylic acids is 1. The zero-order valence-corrected chi connectivity index (χ0v) is 16.1. The minimum atomic E-state index is -0.999. The van der Waals surface area contributed by atoms with Gasteiger partial charge >= 0.3 is 12.0 Å². The van der Waals surface area contributed by atoms with Gasteiger partial charge in [0, 0.05) is 25.5 Å². The zero-order chi connectivity index (χ0) is 20.7. The quantitative estimate of drug-likeness (QED) is 0.805. The van der Waals surface area contributed by atoms with Crippen LogP contribution < -0.4 is 0 Å². The van der Waals surface area contributed by atoms with Crippen molar-refractivity contribution in [3.63, 3.8) is 0 Å². The first-order chi connectivity index (χ1) is 13.9. The number of hydrogen-bond donors (Lipinski definition) is 1. The number of amides is 3.